The maximum absolute atomic E-state index is 14.9. The van der Waals surface area contributed by atoms with E-state index in [-0.39, 0.29) is 41.8 Å². The van der Waals surface area contributed by atoms with Crippen LogP contribution < -0.4 is 15.4 Å². The van der Waals surface area contributed by atoms with E-state index in [9.17, 15) is 13.6 Å². The molecule has 2 aliphatic heterocycles. The van der Waals surface area contributed by atoms with Gasteiger partial charge >= 0.3 is 0 Å². The summed E-state index contributed by atoms with van der Waals surface area (Å²) in [6.45, 7) is 3.02. The molecular weight excluding hydrogens is 548 g/mol. The first-order valence-electron chi connectivity index (χ1n) is 12.7. The first-order chi connectivity index (χ1) is 19.4. The van der Waals surface area contributed by atoms with Crippen LogP contribution in [0, 0.1) is 5.82 Å². The fourth-order valence-electron chi connectivity index (χ4n) is 4.52. The summed E-state index contributed by atoms with van der Waals surface area (Å²) in [6.07, 6.45) is 2.49. The van der Waals surface area contributed by atoms with Crippen molar-refractivity contribution < 1.29 is 32.5 Å². The van der Waals surface area contributed by atoms with E-state index in [1.165, 1.54) is 37.7 Å². The molecule has 2 fully saturated rings. The molecule has 0 saturated carbocycles. The number of rotatable bonds is 10. The van der Waals surface area contributed by atoms with Crippen LogP contribution in [0.4, 0.5) is 26.0 Å². The van der Waals surface area contributed by atoms with Crippen molar-refractivity contribution in [1.29, 1.82) is 0 Å². The van der Waals surface area contributed by atoms with E-state index in [1.807, 2.05) is 4.90 Å². The number of likely N-dealkylation sites (tertiary alicyclic amines) is 1. The molecule has 0 unspecified atom stereocenters. The van der Waals surface area contributed by atoms with Crippen LogP contribution in [0.25, 0.3) is 10.9 Å². The highest BCUT2D eigenvalue weighted by Gasteiger charge is 2.36. The molecule has 13 heteroatoms. The van der Waals surface area contributed by atoms with Gasteiger partial charge in [0.2, 0.25) is 0 Å². The van der Waals surface area contributed by atoms with Crippen molar-refractivity contribution >= 4 is 45.6 Å². The molecule has 212 valence electrons. The first kappa shape index (κ1) is 28.1. The van der Waals surface area contributed by atoms with Crippen LogP contribution in [0.5, 0.6) is 5.75 Å². The summed E-state index contributed by atoms with van der Waals surface area (Å²) < 4.78 is 50.8. The normalized spacial score (nSPS) is 19.4. The Labute approximate surface area is 234 Å². The van der Waals surface area contributed by atoms with Gasteiger partial charge in [0.15, 0.2) is 5.83 Å². The standard InChI is InChI=1S/C27H28ClF2N5O5/c1-37-6-7-38-23-12-21-17(26(32-15-31-21)33-16-2-3-19(29)18(28)10-16)11-22(23)34-27(36)20(30)4-5-35-13-24-25(14-35)40-9-8-39-24/h2-4,10-12,15,24-25H,5-9,13-14H2,1H3,(H,34,36)(H,31,32,33)/b20-4+/t24-,25-/m0/s1. The van der Waals surface area contributed by atoms with Gasteiger partial charge in [-0.3, -0.25) is 9.69 Å². The minimum Gasteiger partial charge on any atom is -0.489 e. The van der Waals surface area contributed by atoms with Crippen LogP contribution in [0.1, 0.15) is 0 Å². The van der Waals surface area contributed by atoms with Crippen LogP contribution in [0.15, 0.2) is 48.6 Å². The van der Waals surface area contributed by atoms with Crippen LogP contribution in [-0.4, -0.2) is 86.2 Å². The van der Waals surface area contributed by atoms with Crippen molar-refractivity contribution in [2.45, 2.75) is 12.2 Å². The predicted molar refractivity (Wildman–Crippen MR) is 145 cm³/mol. The van der Waals surface area contributed by atoms with Gasteiger partial charge in [-0.05, 0) is 30.3 Å². The van der Waals surface area contributed by atoms with Crippen molar-refractivity contribution in [3.05, 3.63) is 59.4 Å². The lowest BCUT2D eigenvalue weighted by Crippen LogP contribution is -2.36. The van der Waals surface area contributed by atoms with Crippen LogP contribution in [0.3, 0.4) is 0 Å². The molecule has 3 heterocycles. The lowest BCUT2D eigenvalue weighted by Gasteiger charge is -2.24. The Morgan fingerprint density at radius 3 is 2.67 bits per heavy atom. The summed E-state index contributed by atoms with van der Waals surface area (Å²) in [4.78, 5) is 23.4. The van der Waals surface area contributed by atoms with Gasteiger partial charge in [0.1, 0.15) is 30.3 Å². The number of hydrogen-bond acceptors (Lipinski definition) is 9. The second-order valence-electron chi connectivity index (χ2n) is 9.23. The highest BCUT2D eigenvalue weighted by atomic mass is 35.5. The van der Waals surface area contributed by atoms with Crippen molar-refractivity contribution in [2.75, 3.05) is 63.8 Å². The maximum Gasteiger partial charge on any atom is 0.284 e. The number of fused-ring (bicyclic) bond motifs is 2. The number of carbonyl (C=O) groups is 1. The average molecular weight is 576 g/mol. The van der Waals surface area contributed by atoms with Gasteiger partial charge in [-0.25, -0.2) is 18.7 Å². The maximum atomic E-state index is 14.9. The van der Waals surface area contributed by atoms with Gasteiger partial charge in [0.05, 0.1) is 48.3 Å². The minimum absolute atomic E-state index is 0.0422. The van der Waals surface area contributed by atoms with E-state index in [0.29, 0.717) is 55.3 Å². The Kier molecular flexibility index (Phi) is 9.02. The zero-order chi connectivity index (χ0) is 28.1. The molecule has 3 aromatic rings. The van der Waals surface area contributed by atoms with E-state index < -0.39 is 17.6 Å². The van der Waals surface area contributed by atoms with E-state index in [4.69, 9.17) is 30.5 Å². The second kappa shape index (κ2) is 12.8. The first-order valence-corrected chi connectivity index (χ1v) is 13.0. The number of nitrogens with zero attached hydrogens (tertiary/aromatic N) is 3. The van der Waals surface area contributed by atoms with Gasteiger partial charge in [-0.15, -0.1) is 0 Å². The van der Waals surface area contributed by atoms with Gasteiger partial charge in [-0.2, -0.15) is 0 Å². The molecule has 2 atom stereocenters. The summed E-state index contributed by atoms with van der Waals surface area (Å²) >= 11 is 5.91. The minimum atomic E-state index is -0.941. The average Bonchev–Trinajstić information content (AvgIpc) is 3.37. The Morgan fingerprint density at radius 1 is 1.18 bits per heavy atom. The summed E-state index contributed by atoms with van der Waals surface area (Å²) in [5.74, 6) is -1.79. The molecule has 10 nitrogen and oxygen atoms in total. The number of benzene rings is 2. The van der Waals surface area contributed by atoms with E-state index in [2.05, 4.69) is 20.6 Å². The lowest BCUT2D eigenvalue weighted by molar-refractivity contribution is -0.116. The smallest absolute Gasteiger partial charge is 0.284 e. The van der Waals surface area contributed by atoms with Crippen LogP contribution in [0.2, 0.25) is 5.02 Å². The number of hydrogen-bond donors (Lipinski definition) is 2. The summed E-state index contributed by atoms with van der Waals surface area (Å²) in [5.41, 5.74) is 1.19. The fourth-order valence-corrected chi connectivity index (χ4v) is 4.70. The molecule has 2 aromatic carbocycles. The van der Waals surface area contributed by atoms with E-state index in [1.54, 1.807) is 12.1 Å². The van der Waals surface area contributed by atoms with E-state index in [0.717, 1.165) is 0 Å². The molecule has 2 aliphatic rings. The number of carbonyl (C=O) groups excluding carboxylic acids is 1. The number of amides is 1. The molecule has 0 bridgehead atoms. The third kappa shape index (κ3) is 6.65. The Morgan fingerprint density at radius 2 is 1.95 bits per heavy atom. The van der Waals surface area contributed by atoms with Gasteiger partial charge < -0.3 is 29.6 Å². The molecule has 2 saturated heterocycles. The Bertz CT molecular complexity index is 1400. The largest absolute Gasteiger partial charge is 0.489 e. The Balaban J connectivity index is 1.36. The van der Waals surface area contributed by atoms with Crippen molar-refractivity contribution in [3.63, 3.8) is 0 Å². The number of ether oxygens (including phenoxy) is 4. The number of nitrogens with one attached hydrogen (secondary N) is 2. The molecule has 1 aromatic heterocycles. The zero-order valence-electron chi connectivity index (χ0n) is 21.7. The molecule has 40 heavy (non-hydrogen) atoms. The van der Waals surface area contributed by atoms with Crippen LogP contribution in [-0.2, 0) is 19.0 Å². The second-order valence-corrected chi connectivity index (χ2v) is 9.63. The monoisotopic (exact) mass is 575 g/mol. The third-order valence-corrected chi connectivity index (χ3v) is 6.79. The molecule has 2 N–H and O–H groups in total. The molecule has 5 rings (SSSR count). The number of anilines is 3. The zero-order valence-corrected chi connectivity index (χ0v) is 22.4. The molecular formula is C27H28ClF2N5O5. The number of aromatic nitrogens is 2. The van der Waals surface area contributed by atoms with Gasteiger partial charge in [0, 0.05) is 43.9 Å². The third-order valence-electron chi connectivity index (χ3n) is 6.50. The lowest BCUT2D eigenvalue weighted by atomic mass is 10.1. The van der Waals surface area contributed by atoms with Crippen molar-refractivity contribution in [2.24, 2.45) is 0 Å². The summed E-state index contributed by atoms with van der Waals surface area (Å²) in [6, 6.07) is 7.35. The quantitative estimate of drug-likeness (QED) is 0.273. The SMILES string of the molecule is COCCOc1cc2ncnc(Nc3ccc(F)c(Cl)c3)c2cc1NC(=O)/C(F)=C\CN1C[C@@H]2OCCO[C@H]2C1. The predicted octanol–water partition coefficient (Wildman–Crippen LogP) is 4.08. The van der Waals surface area contributed by atoms with Gasteiger partial charge in [-0.1, -0.05) is 11.6 Å². The number of methoxy groups -OCH3 is 1. The highest BCUT2D eigenvalue weighted by Crippen LogP contribution is 2.34. The molecule has 0 radical (unpaired) electrons. The molecule has 1 amide bonds. The van der Waals surface area contributed by atoms with E-state index >= 15 is 0 Å². The summed E-state index contributed by atoms with van der Waals surface area (Å²) in [7, 11) is 1.53. The highest BCUT2D eigenvalue weighted by molar-refractivity contribution is 6.31. The topological polar surface area (TPSA) is 107 Å². The van der Waals surface area contributed by atoms with Gasteiger partial charge in [0.25, 0.3) is 5.91 Å². The number of halogens is 3. The van der Waals surface area contributed by atoms with Crippen LogP contribution >= 0.6 is 11.6 Å². The molecule has 0 aliphatic carbocycles. The fraction of sp³-hybridized carbons (Fsp3) is 0.370. The summed E-state index contributed by atoms with van der Waals surface area (Å²) in [5, 5.41) is 6.11. The van der Waals surface area contributed by atoms with Crippen molar-refractivity contribution in [3.8, 4) is 5.75 Å². The van der Waals surface area contributed by atoms with Crippen molar-refractivity contribution in [1.82, 2.24) is 14.9 Å². The Hall–Kier alpha value is -3.42. The molecule has 0 spiro atoms.